The fourth-order valence-electron chi connectivity index (χ4n) is 11.2. The highest BCUT2D eigenvalue weighted by Gasteiger charge is 2.63. The zero-order valence-corrected chi connectivity index (χ0v) is 39.8. The Hall–Kier alpha value is -7.41. The van der Waals surface area contributed by atoms with E-state index in [0.29, 0.717) is 51.3 Å². The van der Waals surface area contributed by atoms with Crippen molar-refractivity contribution in [1.29, 1.82) is 5.26 Å². The first kappa shape index (κ1) is 47.6. The van der Waals surface area contributed by atoms with Gasteiger partial charge in [0.25, 0.3) is 0 Å². The maximum absolute atomic E-state index is 15.6. The number of carbonyl (C=O) groups excluding carboxylic acids is 5. The van der Waals surface area contributed by atoms with E-state index in [9.17, 15) is 24.4 Å². The van der Waals surface area contributed by atoms with Crippen LogP contribution < -0.4 is 33.2 Å². The molecule has 0 saturated carbocycles. The Bertz CT molecular complexity index is 2830. The lowest BCUT2D eigenvalue weighted by molar-refractivity contribution is -0.162. The summed E-state index contributed by atoms with van der Waals surface area (Å²) in [7, 11) is 4.68. The van der Waals surface area contributed by atoms with E-state index in [4.69, 9.17) is 52.1 Å². The van der Waals surface area contributed by atoms with Gasteiger partial charge in [-0.2, -0.15) is 5.26 Å². The molecule has 2 saturated heterocycles. The van der Waals surface area contributed by atoms with Gasteiger partial charge in [-0.05, 0) is 68.1 Å². The summed E-state index contributed by atoms with van der Waals surface area (Å²) in [6, 6.07) is 3.63. The third kappa shape index (κ3) is 7.31. The molecule has 21 heteroatoms. The number of rotatable bonds is 8. The average molecular weight is 981 g/mol. The van der Waals surface area contributed by atoms with Crippen molar-refractivity contribution in [2.75, 3.05) is 47.0 Å². The van der Waals surface area contributed by atoms with E-state index in [1.54, 1.807) is 6.92 Å². The van der Waals surface area contributed by atoms with Crippen molar-refractivity contribution in [3.8, 4) is 46.3 Å². The van der Waals surface area contributed by atoms with Gasteiger partial charge in [-0.1, -0.05) is 25.8 Å². The number of thioether (sulfide) groups is 1. The number of aryl methyl sites for hydroxylation is 1. The number of nitriles is 1. The van der Waals surface area contributed by atoms with Crippen molar-refractivity contribution in [2.24, 2.45) is 0 Å². The second kappa shape index (κ2) is 18.5. The number of nitrogens with zero attached hydrogens (tertiary/aromatic N) is 4. The third-order valence-electron chi connectivity index (χ3n) is 13.8. The molecule has 366 valence electrons. The van der Waals surface area contributed by atoms with Crippen molar-refractivity contribution < 1.29 is 76.1 Å². The predicted molar refractivity (Wildman–Crippen MR) is 245 cm³/mol. The molecule has 2 fully saturated rings. The smallest absolute Gasteiger partial charge is 0.493 e. The van der Waals surface area contributed by atoms with Crippen molar-refractivity contribution in [2.45, 2.75) is 74.6 Å². The highest BCUT2D eigenvalue weighted by molar-refractivity contribution is 7.99. The summed E-state index contributed by atoms with van der Waals surface area (Å²) in [4.78, 5) is 74.4. The Morgan fingerprint density at radius 3 is 2.24 bits per heavy atom. The van der Waals surface area contributed by atoms with Gasteiger partial charge in [0.05, 0.1) is 56.4 Å². The van der Waals surface area contributed by atoms with Gasteiger partial charge in [0, 0.05) is 53.6 Å². The normalized spacial score (nSPS) is 24.7. The summed E-state index contributed by atoms with van der Waals surface area (Å²) in [6.07, 6.45) is 0.197. The first-order valence-electron chi connectivity index (χ1n) is 22.0. The standard InChI is InChI=1S/C49H48N4O16S/c1-10-61-46(56)52-14-13-26-17-33(68-47(57)62-11-2)32(59-8)18-28(26)49(52)21-70-44-36-35(42-41(65-22-66-42)24(5)40(36)67-25(6)54)31(20-64-45(49)55)53-30(19-50)29-16-27-15-23(4)39(60-9)43(69-48(58)63-12-3)34(27)37(38(44)53)51(29)7/h10-12,15,17-18,29-31,37-38,44H,1-3,13-14,16,20-22H2,4-9H3/t29-,30-,31-,37-,38?,44+,49+/m0/s1. The van der Waals surface area contributed by atoms with E-state index in [2.05, 4.69) is 30.7 Å². The lowest BCUT2D eigenvalue weighted by Crippen LogP contribution is -2.69. The van der Waals surface area contributed by atoms with Crippen LogP contribution in [0.4, 0.5) is 14.4 Å². The molecule has 7 aliphatic rings. The molecule has 0 aromatic heterocycles. The number of carbonyl (C=O) groups is 5. The van der Waals surface area contributed by atoms with E-state index in [0.717, 1.165) is 24.3 Å². The maximum Gasteiger partial charge on any atom is 0.518 e. The number of hydrogen-bond donors (Lipinski definition) is 0. The number of likely N-dealkylation sites (N-methyl/N-ethyl adjacent to an activating group) is 1. The Morgan fingerprint density at radius 2 is 1.57 bits per heavy atom. The summed E-state index contributed by atoms with van der Waals surface area (Å²) in [6.45, 7) is 14.6. The van der Waals surface area contributed by atoms with Crippen LogP contribution in [-0.2, 0) is 46.9 Å². The fourth-order valence-corrected chi connectivity index (χ4v) is 12.9. The van der Waals surface area contributed by atoms with Crippen LogP contribution in [0.3, 0.4) is 0 Å². The monoisotopic (exact) mass is 980 g/mol. The minimum Gasteiger partial charge on any atom is -0.493 e. The summed E-state index contributed by atoms with van der Waals surface area (Å²) in [5.74, 6) is -0.650. The number of fused-ring (bicyclic) bond motifs is 9. The molecule has 7 heterocycles. The second-order valence-electron chi connectivity index (χ2n) is 17.1. The number of ether oxygens (including phenoxy) is 11. The van der Waals surface area contributed by atoms with Gasteiger partial charge in [0.2, 0.25) is 6.79 Å². The van der Waals surface area contributed by atoms with Crippen LogP contribution in [0.5, 0.6) is 40.2 Å². The summed E-state index contributed by atoms with van der Waals surface area (Å²) in [5, 5.41) is 10.5. The predicted octanol–water partition coefficient (Wildman–Crippen LogP) is 6.89. The van der Waals surface area contributed by atoms with Crippen molar-refractivity contribution in [1.82, 2.24) is 14.7 Å². The van der Waals surface area contributed by atoms with Crippen LogP contribution in [0, 0.1) is 25.2 Å². The van der Waals surface area contributed by atoms with Gasteiger partial charge in [-0.15, -0.1) is 11.8 Å². The molecule has 3 aromatic rings. The van der Waals surface area contributed by atoms with Crippen LogP contribution in [0.1, 0.15) is 68.8 Å². The lowest BCUT2D eigenvalue weighted by atomic mass is 9.71. The third-order valence-corrected chi connectivity index (χ3v) is 15.2. The van der Waals surface area contributed by atoms with Crippen molar-refractivity contribution >= 4 is 42.1 Å². The minimum absolute atomic E-state index is 0.00821. The van der Waals surface area contributed by atoms with Gasteiger partial charge >= 0.3 is 30.3 Å². The number of hydrogen-bond acceptors (Lipinski definition) is 20. The molecule has 1 amide bonds. The SMILES string of the molecule is C=COC(=O)Oc1cc2c(cc1OC)[C@@]1(CS[C@@H]3c4c(OC(C)=O)c(C)c5c(c4[C@H](COC1=O)N1C3[C@@H]3c4c(cc(C)c(OC)c4OC(=O)OC=C)C[C@@H]([C@@H]1C#N)N3C)OCO5)N(C(=O)OC=C)CC2. The van der Waals surface area contributed by atoms with E-state index >= 15 is 4.79 Å². The molecule has 1 unspecified atom stereocenters. The zero-order valence-electron chi connectivity index (χ0n) is 39.0. The molecule has 20 nitrogen and oxygen atoms in total. The molecule has 4 bridgehead atoms. The Kier molecular flexibility index (Phi) is 12.6. The molecule has 1 spiro atoms. The number of methoxy groups -OCH3 is 2. The van der Waals surface area contributed by atoms with Crippen LogP contribution >= 0.6 is 11.8 Å². The van der Waals surface area contributed by atoms with Gasteiger partial charge < -0.3 is 52.1 Å². The topological polar surface area (TPSA) is 220 Å². The Balaban J connectivity index is 1.34. The maximum atomic E-state index is 15.6. The molecule has 0 N–H and O–H groups in total. The summed E-state index contributed by atoms with van der Waals surface area (Å²) >= 11 is 1.23. The van der Waals surface area contributed by atoms with E-state index in [1.165, 1.54) is 49.9 Å². The van der Waals surface area contributed by atoms with Gasteiger partial charge in [-0.25, -0.2) is 19.2 Å². The Morgan fingerprint density at radius 1 is 0.857 bits per heavy atom. The van der Waals surface area contributed by atoms with Crippen molar-refractivity contribution in [3.05, 3.63) is 101 Å². The zero-order chi connectivity index (χ0) is 49.9. The van der Waals surface area contributed by atoms with Gasteiger partial charge in [0.15, 0.2) is 40.0 Å². The molecule has 10 rings (SSSR count). The average Bonchev–Trinajstić information content (AvgIpc) is 3.82. The number of amides is 1. The molecule has 7 aliphatic heterocycles. The first-order chi connectivity index (χ1) is 33.7. The fraction of sp³-hybridized carbons (Fsp3) is 0.388. The van der Waals surface area contributed by atoms with Crippen LogP contribution in [0.15, 0.2) is 56.7 Å². The van der Waals surface area contributed by atoms with E-state index in [1.807, 2.05) is 24.9 Å². The highest BCUT2D eigenvalue weighted by Crippen LogP contribution is 2.65. The molecular formula is C49H48N4O16S. The molecule has 0 radical (unpaired) electrons. The summed E-state index contributed by atoms with van der Waals surface area (Å²) in [5.41, 5.74) is 2.16. The molecule has 7 atom stereocenters. The van der Waals surface area contributed by atoms with Crippen LogP contribution in [0.25, 0.3) is 0 Å². The molecule has 0 aliphatic carbocycles. The summed E-state index contributed by atoms with van der Waals surface area (Å²) < 4.78 is 63.6. The molecule has 3 aromatic carbocycles. The van der Waals surface area contributed by atoms with Crippen LogP contribution in [-0.4, -0.2) is 110 Å². The van der Waals surface area contributed by atoms with Gasteiger partial charge in [0.1, 0.15) is 18.4 Å². The van der Waals surface area contributed by atoms with Crippen molar-refractivity contribution in [3.63, 3.8) is 0 Å². The first-order valence-corrected chi connectivity index (χ1v) is 23.1. The van der Waals surface area contributed by atoms with E-state index < -0.39 is 77.9 Å². The number of piperazine rings is 1. The van der Waals surface area contributed by atoms with Crippen LogP contribution in [0.2, 0.25) is 0 Å². The molecule has 70 heavy (non-hydrogen) atoms. The highest BCUT2D eigenvalue weighted by atomic mass is 32.2. The number of benzene rings is 3. The van der Waals surface area contributed by atoms with E-state index in [-0.39, 0.29) is 59.8 Å². The van der Waals surface area contributed by atoms with Gasteiger partial charge in [-0.3, -0.25) is 19.5 Å². The molecular weight excluding hydrogens is 933 g/mol. The number of esters is 2. The quantitative estimate of drug-likeness (QED) is 0.0737. The minimum atomic E-state index is -2.01. The second-order valence-corrected chi connectivity index (χ2v) is 18.2. The lowest BCUT2D eigenvalue weighted by Gasteiger charge is -2.62. The Labute approximate surface area is 406 Å². The largest absolute Gasteiger partial charge is 0.518 e.